The summed E-state index contributed by atoms with van der Waals surface area (Å²) in [5.74, 6) is 1.51. The number of aromatic amines is 1. The van der Waals surface area contributed by atoms with Crippen LogP contribution in [0.1, 0.15) is 17.8 Å². The molecule has 0 saturated heterocycles. The van der Waals surface area contributed by atoms with Gasteiger partial charge in [-0.15, -0.1) is 10.2 Å². The fourth-order valence-electron chi connectivity index (χ4n) is 1.58. The summed E-state index contributed by atoms with van der Waals surface area (Å²) in [6, 6.07) is 5.72. The lowest BCUT2D eigenvalue weighted by molar-refractivity contribution is 0.414. The Morgan fingerprint density at radius 2 is 2.24 bits per heavy atom. The Morgan fingerprint density at radius 1 is 1.35 bits per heavy atom. The second-order valence-corrected chi connectivity index (χ2v) is 4.05. The molecule has 0 aliphatic heterocycles. The largest absolute Gasteiger partial charge is 0.497 e. The monoisotopic (exact) mass is 252 g/mol. The van der Waals surface area contributed by atoms with Crippen molar-refractivity contribution in [2.45, 2.75) is 19.3 Å². The van der Waals surface area contributed by atoms with Crippen molar-refractivity contribution in [2.75, 3.05) is 7.11 Å². The molecule has 17 heavy (non-hydrogen) atoms. The number of benzene rings is 1. The van der Waals surface area contributed by atoms with Crippen molar-refractivity contribution in [1.82, 2.24) is 20.6 Å². The summed E-state index contributed by atoms with van der Waals surface area (Å²) >= 11 is 6.14. The maximum Gasteiger partial charge on any atom is 0.174 e. The number of nitrogens with one attached hydrogen (secondary N) is 1. The molecule has 0 aliphatic carbocycles. The zero-order valence-corrected chi connectivity index (χ0v) is 10.2. The molecule has 0 radical (unpaired) electrons. The highest BCUT2D eigenvalue weighted by atomic mass is 35.5. The smallest absolute Gasteiger partial charge is 0.174 e. The Bertz CT molecular complexity index is 472. The van der Waals surface area contributed by atoms with Gasteiger partial charge < -0.3 is 4.74 Å². The molecule has 0 fully saturated rings. The standard InChI is InChI=1S/C11H13ClN4O/c1-17-9-6-5-8(10(12)7-9)3-2-4-11-13-15-16-14-11/h5-7H,2-4H2,1H3,(H,13,14,15,16). The number of nitrogens with zero attached hydrogens (tertiary/aromatic N) is 3. The lowest BCUT2D eigenvalue weighted by Gasteiger charge is -2.05. The van der Waals surface area contributed by atoms with Crippen LogP contribution >= 0.6 is 11.6 Å². The molecule has 0 bridgehead atoms. The Labute approximate surface area is 104 Å². The zero-order chi connectivity index (χ0) is 12.1. The van der Waals surface area contributed by atoms with E-state index in [1.54, 1.807) is 7.11 Å². The van der Waals surface area contributed by atoms with Gasteiger partial charge in [0.1, 0.15) is 5.75 Å². The van der Waals surface area contributed by atoms with Crippen molar-refractivity contribution in [2.24, 2.45) is 0 Å². The number of H-pyrrole nitrogens is 1. The molecule has 1 heterocycles. The van der Waals surface area contributed by atoms with E-state index in [0.717, 1.165) is 41.4 Å². The molecule has 1 aromatic carbocycles. The van der Waals surface area contributed by atoms with Gasteiger partial charge in [-0.2, -0.15) is 5.21 Å². The summed E-state index contributed by atoms with van der Waals surface area (Å²) in [5.41, 5.74) is 1.11. The molecule has 90 valence electrons. The third-order valence-electron chi connectivity index (χ3n) is 2.50. The van der Waals surface area contributed by atoms with Crippen LogP contribution in [0.5, 0.6) is 5.75 Å². The van der Waals surface area contributed by atoms with Crippen LogP contribution in [0.4, 0.5) is 0 Å². The third-order valence-corrected chi connectivity index (χ3v) is 2.85. The van der Waals surface area contributed by atoms with Crippen LogP contribution in [0.3, 0.4) is 0 Å². The summed E-state index contributed by atoms with van der Waals surface area (Å²) in [4.78, 5) is 0. The molecule has 0 unspecified atom stereocenters. The maximum absolute atomic E-state index is 6.14. The number of tetrazole rings is 1. The first-order valence-electron chi connectivity index (χ1n) is 5.34. The molecule has 2 rings (SSSR count). The van der Waals surface area contributed by atoms with Gasteiger partial charge in [-0.05, 0) is 30.5 Å². The lowest BCUT2D eigenvalue weighted by atomic mass is 10.1. The van der Waals surface area contributed by atoms with Gasteiger partial charge in [-0.1, -0.05) is 22.9 Å². The van der Waals surface area contributed by atoms with E-state index in [-0.39, 0.29) is 0 Å². The number of aryl methyl sites for hydroxylation is 2. The first-order valence-corrected chi connectivity index (χ1v) is 5.72. The van der Waals surface area contributed by atoms with Crippen LogP contribution in [0.15, 0.2) is 18.2 Å². The summed E-state index contributed by atoms with van der Waals surface area (Å²) in [6.45, 7) is 0. The number of ether oxygens (including phenoxy) is 1. The Morgan fingerprint density at radius 3 is 2.88 bits per heavy atom. The fourth-order valence-corrected chi connectivity index (χ4v) is 1.85. The van der Waals surface area contributed by atoms with Crippen molar-refractivity contribution >= 4 is 11.6 Å². The molecular formula is C11H13ClN4O. The minimum Gasteiger partial charge on any atom is -0.497 e. The molecule has 1 aromatic heterocycles. The van der Waals surface area contributed by atoms with Gasteiger partial charge in [-0.25, -0.2) is 0 Å². The topological polar surface area (TPSA) is 63.7 Å². The van der Waals surface area contributed by atoms with Crippen molar-refractivity contribution in [3.05, 3.63) is 34.6 Å². The quantitative estimate of drug-likeness (QED) is 0.885. The number of hydrogen-bond acceptors (Lipinski definition) is 4. The van der Waals surface area contributed by atoms with E-state index in [2.05, 4.69) is 20.6 Å². The van der Waals surface area contributed by atoms with Crippen LogP contribution in [-0.2, 0) is 12.8 Å². The minimum absolute atomic E-state index is 0.731. The van der Waals surface area contributed by atoms with E-state index in [9.17, 15) is 0 Å². The number of methoxy groups -OCH3 is 1. The van der Waals surface area contributed by atoms with E-state index in [4.69, 9.17) is 16.3 Å². The molecule has 0 amide bonds. The van der Waals surface area contributed by atoms with Crippen molar-refractivity contribution < 1.29 is 4.74 Å². The molecule has 2 aromatic rings. The van der Waals surface area contributed by atoms with Crippen LogP contribution in [0, 0.1) is 0 Å². The molecule has 0 saturated carbocycles. The van der Waals surface area contributed by atoms with Crippen molar-refractivity contribution in [1.29, 1.82) is 0 Å². The van der Waals surface area contributed by atoms with Crippen molar-refractivity contribution in [3.8, 4) is 5.75 Å². The number of rotatable bonds is 5. The molecule has 1 N–H and O–H groups in total. The number of aromatic nitrogens is 4. The first-order chi connectivity index (χ1) is 8.29. The average Bonchev–Trinajstić information content (AvgIpc) is 2.84. The van der Waals surface area contributed by atoms with Gasteiger partial charge in [0.15, 0.2) is 5.82 Å². The number of halogens is 1. The summed E-state index contributed by atoms with van der Waals surface area (Å²) < 4.78 is 5.10. The second kappa shape index (κ2) is 5.63. The number of hydrogen-bond donors (Lipinski definition) is 1. The summed E-state index contributed by atoms with van der Waals surface area (Å²) in [5, 5.41) is 14.5. The normalized spacial score (nSPS) is 10.5. The highest BCUT2D eigenvalue weighted by Gasteiger charge is 2.04. The van der Waals surface area contributed by atoms with E-state index in [1.807, 2.05) is 18.2 Å². The highest BCUT2D eigenvalue weighted by Crippen LogP contribution is 2.23. The van der Waals surface area contributed by atoms with Gasteiger partial charge in [-0.3, -0.25) is 0 Å². The summed E-state index contributed by atoms with van der Waals surface area (Å²) in [7, 11) is 1.63. The Kier molecular flexibility index (Phi) is 3.93. The van der Waals surface area contributed by atoms with Crippen LogP contribution < -0.4 is 4.74 Å². The van der Waals surface area contributed by atoms with Gasteiger partial charge in [0.2, 0.25) is 0 Å². The third kappa shape index (κ3) is 3.17. The highest BCUT2D eigenvalue weighted by molar-refractivity contribution is 6.31. The Hall–Kier alpha value is -1.62. The van der Waals surface area contributed by atoms with E-state index < -0.39 is 0 Å². The fraction of sp³-hybridized carbons (Fsp3) is 0.364. The van der Waals surface area contributed by atoms with Gasteiger partial charge >= 0.3 is 0 Å². The molecule has 0 spiro atoms. The van der Waals surface area contributed by atoms with Gasteiger partial charge in [0.25, 0.3) is 0 Å². The Balaban J connectivity index is 1.90. The SMILES string of the molecule is COc1ccc(CCCc2nn[nH]n2)c(Cl)c1. The second-order valence-electron chi connectivity index (χ2n) is 3.64. The zero-order valence-electron chi connectivity index (χ0n) is 9.48. The van der Waals surface area contributed by atoms with E-state index in [0.29, 0.717) is 0 Å². The van der Waals surface area contributed by atoms with Gasteiger partial charge in [0.05, 0.1) is 7.11 Å². The van der Waals surface area contributed by atoms with Crippen LogP contribution in [0.2, 0.25) is 5.02 Å². The first kappa shape index (κ1) is 11.9. The van der Waals surface area contributed by atoms with E-state index in [1.165, 1.54) is 0 Å². The van der Waals surface area contributed by atoms with E-state index >= 15 is 0 Å². The van der Waals surface area contributed by atoms with Crippen LogP contribution in [0.25, 0.3) is 0 Å². The summed E-state index contributed by atoms with van der Waals surface area (Å²) in [6.07, 6.45) is 2.61. The van der Waals surface area contributed by atoms with Gasteiger partial charge in [0, 0.05) is 11.4 Å². The predicted octanol–water partition coefficient (Wildman–Crippen LogP) is 2.04. The molecule has 0 aliphatic rings. The molecular weight excluding hydrogens is 240 g/mol. The predicted molar refractivity (Wildman–Crippen MR) is 64.2 cm³/mol. The minimum atomic E-state index is 0.731. The lowest BCUT2D eigenvalue weighted by Crippen LogP contribution is -1.94. The molecule has 5 nitrogen and oxygen atoms in total. The maximum atomic E-state index is 6.14. The molecule has 0 atom stereocenters. The average molecular weight is 253 g/mol. The molecule has 6 heteroatoms. The van der Waals surface area contributed by atoms with Crippen LogP contribution in [-0.4, -0.2) is 27.7 Å². The van der Waals surface area contributed by atoms with Crippen molar-refractivity contribution in [3.63, 3.8) is 0 Å².